The van der Waals surface area contributed by atoms with E-state index in [1.807, 2.05) is 7.05 Å². The molecule has 66 valence electrons. The van der Waals surface area contributed by atoms with Crippen molar-refractivity contribution in [2.45, 2.75) is 38.5 Å². The molecule has 0 saturated heterocycles. The van der Waals surface area contributed by atoms with Gasteiger partial charge in [0, 0.05) is 19.2 Å². The molecule has 12 heavy (non-hydrogen) atoms. The lowest BCUT2D eigenvalue weighted by molar-refractivity contribution is 0.619. The highest BCUT2D eigenvalue weighted by molar-refractivity contribution is 5.15. The number of hydrogen-bond acceptors (Lipinski definition) is 2. The van der Waals surface area contributed by atoms with Gasteiger partial charge in [-0.15, -0.1) is 0 Å². The second-order valence-corrected chi connectivity index (χ2v) is 3.20. The van der Waals surface area contributed by atoms with E-state index in [9.17, 15) is 0 Å². The van der Waals surface area contributed by atoms with Crippen LogP contribution in [0.3, 0.4) is 0 Å². The molecular formula is C10H16N2. The monoisotopic (exact) mass is 164 g/mol. The summed E-state index contributed by atoms with van der Waals surface area (Å²) in [6.45, 7) is 0. The van der Waals surface area contributed by atoms with Crippen LogP contribution in [0, 0.1) is 11.3 Å². The van der Waals surface area contributed by atoms with Gasteiger partial charge in [-0.25, -0.2) is 0 Å². The van der Waals surface area contributed by atoms with Gasteiger partial charge >= 0.3 is 0 Å². The fraction of sp³-hybridized carbons (Fsp3) is 0.700. The first-order chi connectivity index (χ1) is 5.88. The summed E-state index contributed by atoms with van der Waals surface area (Å²) < 4.78 is 0. The second-order valence-electron chi connectivity index (χ2n) is 3.20. The summed E-state index contributed by atoms with van der Waals surface area (Å²) in [5, 5.41) is 11.7. The number of hydrogen-bond donors (Lipinski definition) is 1. The van der Waals surface area contributed by atoms with Crippen LogP contribution in [0.15, 0.2) is 11.3 Å². The number of nitrogens with one attached hydrogen (secondary N) is 1. The zero-order valence-corrected chi connectivity index (χ0v) is 7.69. The largest absolute Gasteiger partial charge is 0.391 e. The van der Waals surface area contributed by atoms with Crippen molar-refractivity contribution in [1.29, 1.82) is 5.26 Å². The summed E-state index contributed by atoms with van der Waals surface area (Å²) in [6, 6.07) is 2.20. The Hall–Kier alpha value is -0.970. The molecule has 1 aliphatic carbocycles. The predicted molar refractivity (Wildman–Crippen MR) is 49.4 cm³/mol. The SMILES string of the molecule is CNC1=C(CCC#N)CCCC1. The molecule has 0 spiro atoms. The van der Waals surface area contributed by atoms with Gasteiger partial charge in [-0.05, 0) is 32.1 Å². The normalized spacial score (nSPS) is 17.3. The Morgan fingerprint density at radius 3 is 2.83 bits per heavy atom. The summed E-state index contributed by atoms with van der Waals surface area (Å²) in [7, 11) is 1.98. The van der Waals surface area contributed by atoms with E-state index in [-0.39, 0.29) is 0 Å². The van der Waals surface area contributed by atoms with Crippen molar-refractivity contribution < 1.29 is 0 Å². The number of rotatable bonds is 3. The quantitative estimate of drug-likeness (QED) is 0.695. The van der Waals surface area contributed by atoms with Gasteiger partial charge in [0.1, 0.15) is 0 Å². The molecule has 0 aromatic heterocycles. The zero-order chi connectivity index (χ0) is 8.81. The molecule has 0 amide bonds. The standard InChI is InChI=1S/C10H16N2/c1-12-10-7-3-2-5-9(10)6-4-8-11/h12H,2-7H2,1H3. The van der Waals surface area contributed by atoms with Crippen LogP contribution in [-0.2, 0) is 0 Å². The maximum absolute atomic E-state index is 8.46. The average molecular weight is 164 g/mol. The van der Waals surface area contributed by atoms with Crippen LogP contribution in [0.25, 0.3) is 0 Å². The molecular weight excluding hydrogens is 148 g/mol. The topological polar surface area (TPSA) is 35.8 Å². The van der Waals surface area contributed by atoms with Crippen molar-refractivity contribution in [2.24, 2.45) is 0 Å². The van der Waals surface area contributed by atoms with Crippen molar-refractivity contribution in [2.75, 3.05) is 7.05 Å². The third-order valence-electron chi connectivity index (χ3n) is 2.42. The van der Waals surface area contributed by atoms with Crippen LogP contribution in [0.1, 0.15) is 38.5 Å². The van der Waals surface area contributed by atoms with Crippen LogP contribution in [-0.4, -0.2) is 7.05 Å². The molecule has 0 heterocycles. The van der Waals surface area contributed by atoms with Gasteiger partial charge in [-0.1, -0.05) is 5.57 Å². The van der Waals surface area contributed by atoms with Crippen LogP contribution >= 0.6 is 0 Å². The average Bonchev–Trinajstić information content (AvgIpc) is 2.15. The fourth-order valence-electron chi connectivity index (χ4n) is 1.75. The molecule has 0 atom stereocenters. The van der Waals surface area contributed by atoms with Gasteiger partial charge in [0.15, 0.2) is 0 Å². The first-order valence-electron chi connectivity index (χ1n) is 4.64. The van der Waals surface area contributed by atoms with Gasteiger partial charge in [-0.3, -0.25) is 0 Å². The zero-order valence-electron chi connectivity index (χ0n) is 7.69. The van der Waals surface area contributed by atoms with Gasteiger partial charge in [0.05, 0.1) is 6.07 Å². The Morgan fingerprint density at radius 1 is 1.42 bits per heavy atom. The van der Waals surface area contributed by atoms with Gasteiger partial charge in [0.25, 0.3) is 0 Å². The molecule has 1 aliphatic rings. The van der Waals surface area contributed by atoms with Crippen molar-refractivity contribution in [3.8, 4) is 6.07 Å². The summed E-state index contributed by atoms with van der Waals surface area (Å²) in [4.78, 5) is 0. The summed E-state index contributed by atoms with van der Waals surface area (Å²) in [5.74, 6) is 0. The lowest BCUT2D eigenvalue weighted by Gasteiger charge is -2.19. The highest BCUT2D eigenvalue weighted by Gasteiger charge is 2.10. The Bertz CT molecular complexity index is 210. The van der Waals surface area contributed by atoms with Crippen LogP contribution < -0.4 is 5.32 Å². The molecule has 0 saturated carbocycles. The molecule has 0 fully saturated rings. The molecule has 1 N–H and O–H groups in total. The van der Waals surface area contributed by atoms with Crippen molar-refractivity contribution in [1.82, 2.24) is 5.32 Å². The van der Waals surface area contributed by atoms with Gasteiger partial charge in [0.2, 0.25) is 0 Å². The minimum atomic E-state index is 0.667. The molecule has 0 unspecified atom stereocenters. The van der Waals surface area contributed by atoms with E-state index in [0.717, 1.165) is 6.42 Å². The number of nitriles is 1. The van der Waals surface area contributed by atoms with E-state index in [4.69, 9.17) is 5.26 Å². The van der Waals surface area contributed by atoms with E-state index < -0.39 is 0 Å². The Balaban J connectivity index is 2.55. The molecule has 0 aliphatic heterocycles. The summed E-state index contributed by atoms with van der Waals surface area (Å²) in [6.07, 6.45) is 6.60. The van der Waals surface area contributed by atoms with Crippen molar-refractivity contribution >= 4 is 0 Å². The second kappa shape index (κ2) is 4.82. The van der Waals surface area contributed by atoms with Crippen molar-refractivity contribution in [3.05, 3.63) is 11.3 Å². The van der Waals surface area contributed by atoms with Crippen LogP contribution in [0.5, 0.6) is 0 Å². The minimum absolute atomic E-state index is 0.667. The lowest BCUT2D eigenvalue weighted by atomic mass is 9.93. The molecule has 0 radical (unpaired) electrons. The molecule has 0 aromatic rings. The van der Waals surface area contributed by atoms with Crippen LogP contribution in [0.4, 0.5) is 0 Å². The maximum atomic E-state index is 8.46. The molecule has 1 rings (SSSR count). The first kappa shape index (κ1) is 9.12. The molecule has 0 bridgehead atoms. The summed E-state index contributed by atoms with van der Waals surface area (Å²) >= 11 is 0. The van der Waals surface area contributed by atoms with E-state index in [1.54, 1.807) is 0 Å². The molecule has 2 heteroatoms. The first-order valence-corrected chi connectivity index (χ1v) is 4.64. The maximum Gasteiger partial charge on any atom is 0.0625 e. The lowest BCUT2D eigenvalue weighted by Crippen LogP contribution is -2.12. The third-order valence-corrected chi connectivity index (χ3v) is 2.42. The van der Waals surface area contributed by atoms with E-state index in [1.165, 1.54) is 37.0 Å². The smallest absolute Gasteiger partial charge is 0.0625 e. The van der Waals surface area contributed by atoms with E-state index >= 15 is 0 Å². The molecule has 2 nitrogen and oxygen atoms in total. The number of allylic oxidation sites excluding steroid dienone is 2. The summed E-state index contributed by atoms with van der Waals surface area (Å²) in [5.41, 5.74) is 2.86. The van der Waals surface area contributed by atoms with Gasteiger partial charge < -0.3 is 5.32 Å². The number of nitrogens with zero attached hydrogens (tertiary/aromatic N) is 1. The fourth-order valence-corrected chi connectivity index (χ4v) is 1.75. The highest BCUT2D eigenvalue weighted by atomic mass is 14.8. The minimum Gasteiger partial charge on any atom is -0.391 e. The van der Waals surface area contributed by atoms with Crippen LogP contribution in [0.2, 0.25) is 0 Å². The van der Waals surface area contributed by atoms with Crippen molar-refractivity contribution in [3.63, 3.8) is 0 Å². The van der Waals surface area contributed by atoms with E-state index in [0.29, 0.717) is 6.42 Å². The Morgan fingerprint density at radius 2 is 2.17 bits per heavy atom. The van der Waals surface area contributed by atoms with Gasteiger partial charge in [-0.2, -0.15) is 5.26 Å². The predicted octanol–water partition coefficient (Wildman–Crippen LogP) is 2.34. The highest BCUT2D eigenvalue weighted by Crippen LogP contribution is 2.25. The third kappa shape index (κ3) is 2.27. The Labute approximate surface area is 74.3 Å². The van der Waals surface area contributed by atoms with E-state index in [2.05, 4.69) is 11.4 Å². The molecule has 0 aromatic carbocycles. The Kier molecular flexibility index (Phi) is 3.66.